The molecule has 0 radical (unpaired) electrons. The van der Waals surface area contributed by atoms with E-state index in [9.17, 15) is 19.2 Å². The van der Waals surface area contributed by atoms with Gasteiger partial charge in [0.05, 0.1) is 22.4 Å². The average Bonchev–Trinajstić information content (AvgIpc) is 3.61. The first kappa shape index (κ1) is 29.6. The van der Waals surface area contributed by atoms with Crippen molar-refractivity contribution in [2.45, 2.75) is 0 Å². The Morgan fingerprint density at radius 2 is 1.26 bits per heavy atom. The fourth-order valence-electron chi connectivity index (χ4n) is 3.96. The van der Waals surface area contributed by atoms with Crippen LogP contribution in [-0.4, -0.2) is 67.7 Å². The summed E-state index contributed by atoms with van der Waals surface area (Å²) in [5, 5.41) is 10.7. The van der Waals surface area contributed by atoms with Crippen molar-refractivity contribution in [1.29, 1.82) is 0 Å². The number of carbonyl (C=O) groups excluding carboxylic acids is 4. The first-order chi connectivity index (χ1) is 20.4. The normalized spacial score (nSPS) is 10.6. The maximum Gasteiger partial charge on any atom is 0.274 e. The monoisotopic (exact) mass is 590 g/mol. The second-order valence-electron chi connectivity index (χ2n) is 9.25. The van der Waals surface area contributed by atoms with E-state index in [1.54, 1.807) is 49.3 Å². The van der Waals surface area contributed by atoms with E-state index in [0.717, 1.165) is 0 Å². The number of rotatable bonds is 10. The van der Waals surface area contributed by atoms with E-state index in [1.807, 2.05) is 0 Å². The van der Waals surface area contributed by atoms with Gasteiger partial charge in [-0.3, -0.25) is 24.5 Å². The number of nitrogens with two attached hydrogens (primary N) is 4. The van der Waals surface area contributed by atoms with Crippen molar-refractivity contribution >= 4 is 69.6 Å². The van der Waals surface area contributed by atoms with Gasteiger partial charge in [-0.05, 0) is 30.3 Å². The molecule has 0 unspecified atom stereocenters. The van der Waals surface area contributed by atoms with E-state index in [0.29, 0.717) is 28.1 Å². The van der Waals surface area contributed by atoms with Gasteiger partial charge < -0.3 is 53.0 Å². The fourth-order valence-corrected chi connectivity index (χ4v) is 3.96. The first-order valence-corrected chi connectivity index (χ1v) is 12.5. The van der Waals surface area contributed by atoms with Gasteiger partial charge >= 0.3 is 0 Å². The Labute approximate surface area is 243 Å². The summed E-state index contributed by atoms with van der Waals surface area (Å²) >= 11 is 0. The van der Waals surface area contributed by atoms with Crippen LogP contribution in [-0.2, 0) is 23.7 Å². The summed E-state index contributed by atoms with van der Waals surface area (Å²) in [6.07, 6.45) is 3.14. The van der Waals surface area contributed by atoms with Crippen molar-refractivity contribution in [2.75, 3.05) is 34.4 Å². The number of nitrogens with one attached hydrogen (secondary N) is 5. The molecule has 1 aromatic carbocycles. The number of aromatic amines is 1. The molecule has 18 nitrogen and oxygen atoms in total. The largest absolute Gasteiger partial charge is 0.370 e. The molecular weight excluding hydrogens is 560 g/mol. The molecule has 3 heterocycles. The lowest BCUT2D eigenvalue weighted by molar-refractivity contribution is -0.115. The smallest absolute Gasteiger partial charge is 0.274 e. The number of carbonyl (C=O) groups is 4. The predicted octanol–water partition coefficient (Wildman–Crippen LogP) is -0.832. The number of aromatic nitrogens is 4. The van der Waals surface area contributed by atoms with E-state index in [1.165, 1.54) is 16.7 Å². The fraction of sp³-hybridized carbons (Fsp3) is 0.160. The van der Waals surface area contributed by atoms with Crippen molar-refractivity contribution in [3.8, 4) is 0 Å². The molecule has 0 atom stereocenters. The molecule has 0 spiro atoms. The predicted molar refractivity (Wildman–Crippen MR) is 161 cm³/mol. The number of nitrogens with zero attached hydrogens (tertiary/aromatic N) is 5. The van der Waals surface area contributed by atoms with Gasteiger partial charge in [0.2, 0.25) is 17.8 Å². The molecule has 0 saturated heterocycles. The number of anilines is 4. The molecule has 3 aromatic heterocycles. The van der Waals surface area contributed by atoms with Gasteiger partial charge in [0, 0.05) is 32.2 Å². The SMILES string of the molecule is Cn1cc(NC(=O)CN=C(N)N)cc1C(=O)Nc1ccc2nc(NC(=O)c3cc(NC(=O)CN=C(N)N)cn3C)[nH]c2c1. The van der Waals surface area contributed by atoms with E-state index < -0.39 is 23.6 Å². The molecule has 4 rings (SSSR count). The molecule has 18 heteroatoms. The van der Waals surface area contributed by atoms with Gasteiger partial charge in [-0.25, -0.2) is 15.0 Å². The number of hydrogen-bond donors (Lipinski definition) is 9. The summed E-state index contributed by atoms with van der Waals surface area (Å²) in [7, 11) is 3.30. The maximum atomic E-state index is 12.9. The van der Waals surface area contributed by atoms with E-state index in [2.05, 4.69) is 41.2 Å². The summed E-state index contributed by atoms with van der Waals surface area (Å²) in [5.74, 6) is -2.05. The van der Waals surface area contributed by atoms with Crippen molar-refractivity contribution < 1.29 is 19.2 Å². The highest BCUT2D eigenvalue weighted by Crippen LogP contribution is 2.22. The highest BCUT2D eigenvalue weighted by Gasteiger charge is 2.17. The number of aryl methyl sites for hydroxylation is 2. The number of fused-ring (bicyclic) bond motifs is 1. The van der Waals surface area contributed by atoms with Crippen LogP contribution in [0.2, 0.25) is 0 Å². The number of benzene rings is 1. The topological polar surface area (TPSA) is 284 Å². The average molecular weight is 591 g/mol. The molecule has 0 aliphatic carbocycles. The molecular formula is C25H30N14O4. The first-order valence-electron chi connectivity index (χ1n) is 12.5. The van der Waals surface area contributed by atoms with Crippen LogP contribution in [0.15, 0.2) is 52.7 Å². The van der Waals surface area contributed by atoms with Crippen LogP contribution >= 0.6 is 0 Å². The molecule has 0 saturated carbocycles. The third kappa shape index (κ3) is 7.66. The second kappa shape index (κ2) is 12.5. The molecule has 224 valence electrons. The maximum absolute atomic E-state index is 12.9. The Morgan fingerprint density at radius 1 is 0.744 bits per heavy atom. The summed E-state index contributed by atoms with van der Waals surface area (Å²) in [4.78, 5) is 64.4. The van der Waals surface area contributed by atoms with Gasteiger partial charge in [-0.1, -0.05) is 0 Å². The lowest BCUT2D eigenvalue weighted by Crippen LogP contribution is -2.25. The minimum Gasteiger partial charge on any atom is -0.370 e. The second-order valence-corrected chi connectivity index (χ2v) is 9.25. The van der Waals surface area contributed by atoms with Crippen LogP contribution in [0.5, 0.6) is 0 Å². The number of imidazole rings is 1. The van der Waals surface area contributed by atoms with Crippen molar-refractivity contribution in [3.05, 3.63) is 54.1 Å². The van der Waals surface area contributed by atoms with Crippen molar-refractivity contribution in [2.24, 2.45) is 47.0 Å². The van der Waals surface area contributed by atoms with Crippen molar-refractivity contribution in [1.82, 2.24) is 19.1 Å². The number of guanidine groups is 2. The molecule has 0 aliphatic rings. The Bertz CT molecular complexity index is 1680. The van der Waals surface area contributed by atoms with Crippen LogP contribution < -0.4 is 44.2 Å². The zero-order valence-corrected chi connectivity index (χ0v) is 23.1. The summed E-state index contributed by atoms with van der Waals surface area (Å²) in [6, 6.07) is 7.98. The van der Waals surface area contributed by atoms with Gasteiger partial charge in [0.15, 0.2) is 11.9 Å². The standard InChI is InChI=1S/C25H30N14O4/c1-38-10-13(32-19(40)8-30-23(26)27)6-17(38)21(42)34-12-3-4-15-16(5-12)36-25(35-15)37-22(43)18-7-14(11-39(18)2)33-20(41)9-31-24(28)29/h3-7,10-11H,8-9H2,1-2H3,(H,32,40)(H,33,41)(H,34,42)(H4,26,27,30)(H4,28,29,31)(H2,35,36,37,43). The molecule has 4 aromatic rings. The Hall–Kier alpha value is -6.33. The van der Waals surface area contributed by atoms with Gasteiger partial charge in [-0.2, -0.15) is 0 Å². The zero-order chi connectivity index (χ0) is 31.3. The Kier molecular flexibility index (Phi) is 8.59. The Morgan fingerprint density at radius 3 is 1.77 bits per heavy atom. The van der Waals surface area contributed by atoms with Gasteiger partial charge in [-0.15, -0.1) is 0 Å². The third-order valence-electron chi connectivity index (χ3n) is 5.82. The minimum absolute atomic E-state index is 0.173. The highest BCUT2D eigenvalue weighted by molar-refractivity contribution is 6.06. The zero-order valence-electron chi connectivity index (χ0n) is 23.1. The lowest BCUT2D eigenvalue weighted by Gasteiger charge is -2.05. The van der Waals surface area contributed by atoms with Crippen LogP contribution in [0.3, 0.4) is 0 Å². The van der Waals surface area contributed by atoms with Crippen LogP contribution in [0, 0.1) is 0 Å². The van der Waals surface area contributed by atoms with Gasteiger partial charge in [0.25, 0.3) is 11.8 Å². The van der Waals surface area contributed by atoms with Crippen LogP contribution in [0.4, 0.5) is 23.0 Å². The number of hydrogen-bond acceptors (Lipinski definition) is 7. The Balaban J connectivity index is 1.40. The number of amides is 4. The third-order valence-corrected chi connectivity index (χ3v) is 5.82. The molecule has 0 aliphatic heterocycles. The lowest BCUT2D eigenvalue weighted by atomic mass is 10.2. The van der Waals surface area contributed by atoms with Crippen LogP contribution in [0.25, 0.3) is 11.0 Å². The number of H-pyrrole nitrogens is 1. The van der Waals surface area contributed by atoms with Gasteiger partial charge in [0.1, 0.15) is 24.5 Å². The summed E-state index contributed by atoms with van der Waals surface area (Å²) in [5.41, 5.74) is 23.8. The van der Waals surface area contributed by atoms with Crippen LogP contribution in [0.1, 0.15) is 21.0 Å². The quantitative estimate of drug-likeness (QED) is 0.0821. The summed E-state index contributed by atoms with van der Waals surface area (Å²) in [6.45, 7) is -0.510. The number of aliphatic imine (C=N–C) groups is 2. The van der Waals surface area contributed by atoms with E-state index >= 15 is 0 Å². The molecule has 43 heavy (non-hydrogen) atoms. The van der Waals surface area contributed by atoms with E-state index in [-0.39, 0.29) is 42.3 Å². The highest BCUT2D eigenvalue weighted by atomic mass is 16.2. The summed E-state index contributed by atoms with van der Waals surface area (Å²) < 4.78 is 3.09. The molecule has 4 amide bonds. The molecule has 13 N–H and O–H groups in total. The minimum atomic E-state index is -0.482. The molecule has 0 fully saturated rings. The van der Waals surface area contributed by atoms with Crippen molar-refractivity contribution in [3.63, 3.8) is 0 Å². The van der Waals surface area contributed by atoms with E-state index in [4.69, 9.17) is 22.9 Å². The molecule has 0 bridgehead atoms.